The molecule has 0 aliphatic carbocycles. The maximum atomic E-state index is 13.8. The summed E-state index contributed by atoms with van der Waals surface area (Å²) in [5.74, 6) is -0.716. The first-order valence-electron chi connectivity index (χ1n) is 9.63. The van der Waals surface area contributed by atoms with Crippen molar-refractivity contribution in [3.63, 3.8) is 0 Å². The van der Waals surface area contributed by atoms with Gasteiger partial charge in [-0.1, -0.05) is 45.9 Å². The van der Waals surface area contributed by atoms with Gasteiger partial charge in [0, 0.05) is 16.7 Å². The lowest BCUT2D eigenvalue weighted by Gasteiger charge is -2.10. The van der Waals surface area contributed by atoms with Gasteiger partial charge in [-0.15, -0.1) is 16.8 Å². The fourth-order valence-electron chi connectivity index (χ4n) is 2.85. The zero-order chi connectivity index (χ0) is 23.1. The number of aryl methyl sites for hydroxylation is 1. The summed E-state index contributed by atoms with van der Waals surface area (Å²) in [7, 11) is 0. The highest BCUT2D eigenvalue weighted by molar-refractivity contribution is 9.10. The summed E-state index contributed by atoms with van der Waals surface area (Å²) in [6, 6.07) is 11.4. The first kappa shape index (κ1) is 23.7. The molecule has 32 heavy (non-hydrogen) atoms. The quantitative estimate of drug-likeness (QED) is 0.325. The Labute approximate surface area is 197 Å². The van der Waals surface area contributed by atoms with Crippen LogP contribution in [0.3, 0.4) is 0 Å². The van der Waals surface area contributed by atoms with Gasteiger partial charge in [0.15, 0.2) is 11.0 Å². The molecule has 166 valence electrons. The number of halogens is 2. The molecule has 3 rings (SSSR count). The molecule has 1 heterocycles. The van der Waals surface area contributed by atoms with Crippen molar-refractivity contribution in [2.24, 2.45) is 0 Å². The number of rotatable bonds is 9. The van der Waals surface area contributed by atoms with Crippen LogP contribution in [0.5, 0.6) is 0 Å². The minimum absolute atomic E-state index is 0.0446. The largest absolute Gasteiger partial charge is 0.345 e. The first-order chi connectivity index (χ1) is 15.4. The van der Waals surface area contributed by atoms with Crippen molar-refractivity contribution in [2.75, 3.05) is 11.1 Å². The Morgan fingerprint density at radius 2 is 2.03 bits per heavy atom. The molecular formula is C22H21BrFN5O2S. The Morgan fingerprint density at radius 1 is 1.25 bits per heavy atom. The second kappa shape index (κ2) is 11.1. The van der Waals surface area contributed by atoms with E-state index in [0.717, 1.165) is 15.7 Å². The number of allylic oxidation sites excluding steroid dienone is 1. The molecule has 2 N–H and O–H groups in total. The lowest BCUT2D eigenvalue weighted by molar-refractivity contribution is -0.113. The van der Waals surface area contributed by atoms with Crippen LogP contribution in [0.1, 0.15) is 21.7 Å². The SMILES string of the molecule is C=CCn1c(CNC(=O)c2ccccc2F)nnc1SCC(=O)Nc1ccc(Br)cc1C. The van der Waals surface area contributed by atoms with Crippen LogP contribution in [0, 0.1) is 12.7 Å². The van der Waals surface area contributed by atoms with Gasteiger partial charge >= 0.3 is 0 Å². The molecule has 2 aromatic carbocycles. The molecule has 3 aromatic rings. The molecule has 0 unspecified atom stereocenters. The Hall–Kier alpha value is -2.98. The normalized spacial score (nSPS) is 10.6. The van der Waals surface area contributed by atoms with E-state index in [2.05, 4.69) is 43.3 Å². The van der Waals surface area contributed by atoms with E-state index in [1.807, 2.05) is 25.1 Å². The Kier molecular flexibility index (Phi) is 8.18. The second-order valence-corrected chi connectivity index (χ2v) is 8.61. The zero-order valence-corrected chi connectivity index (χ0v) is 19.7. The molecule has 2 amide bonds. The maximum Gasteiger partial charge on any atom is 0.254 e. The van der Waals surface area contributed by atoms with Gasteiger partial charge in [0.2, 0.25) is 5.91 Å². The molecule has 0 radical (unpaired) electrons. The number of nitrogens with one attached hydrogen (secondary N) is 2. The molecule has 0 fully saturated rings. The van der Waals surface area contributed by atoms with Crippen LogP contribution >= 0.6 is 27.7 Å². The van der Waals surface area contributed by atoms with Gasteiger partial charge in [-0.05, 0) is 42.8 Å². The number of hydrogen-bond donors (Lipinski definition) is 2. The van der Waals surface area contributed by atoms with Crippen molar-refractivity contribution in [3.05, 3.63) is 82.4 Å². The number of hydrogen-bond acceptors (Lipinski definition) is 5. The number of thioether (sulfide) groups is 1. The van der Waals surface area contributed by atoms with Crippen LogP contribution < -0.4 is 10.6 Å². The van der Waals surface area contributed by atoms with Crippen molar-refractivity contribution >= 4 is 45.2 Å². The summed E-state index contributed by atoms with van der Waals surface area (Å²) in [4.78, 5) is 24.7. The highest BCUT2D eigenvalue weighted by Crippen LogP contribution is 2.22. The van der Waals surface area contributed by atoms with Crippen molar-refractivity contribution in [3.8, 4) is 0 Å². The summed E-state index contributed by atoms with van der Waals surface area (Å²) >= 11 is 4.62. The predicted octanol–water partition coefficient (Wildman–Crippen LogP) is 4.33. The molecule has 0 saturated carbocycles. The Bertz CT molecular complexity index is 1150. The van der Waals surface area contributed by atoms with Crippen molar-refractivity contribution < 1.29 is 14.0 Å². The van der Waals surface area contributed by atoms with Crippen LogP contribution in [0.25, 0.3) is 0 Å². The minimum Gasteiger partial charge on any atom is -0.345 e. The van der Waals surface area contributed by atoms with E-state index in [4.69, 9.17) is 0 Å². The predicted molar refractivity (Wildman–Crippen MR) is 126 cm³/mol. The average Bonchev–Trinajstić information content (AvgIpc) is 3.15. The molecule has 0 atom stereocenters. The highest BCUT2D eigenvalue weighted by atomic mass is 79.9. The third-order valence-electron chi connectivity index (χ3n) is 4.43. The Balaban J connectivity index is 1.62. The molecule has 0 spiro atoms. The third kappa shape index (κ3) is 6.04. The number of carbonyl (C=O) groups excluding carboxylic acids is 2. The van der Waals surface area contributed by atoms with Crippen LogP contribution in [0.15, 0.2) is 64.7 Å². The number of carbonyl (C=O) groups is 2. The lowest BCUT2D eigenvalue weighted by Crippen LogP contribution is -2.25. The van der Waals surface area contributed by atoms with Gasteiger partial charge in [0.05, 0.1) is 17.9 Å². The number of benzene rings is 2. The maximum absolute atomic E-state index is 13.8. The second-order valence-electron chi connectivity index (χ2n) is 6.76. The van der Waals surface area contributed by atoms with Gasteiger partial charge in [0.25, 0.3) is 5.91 Å². The summed E-state index contributed by atoms with van der Waals surface area (Å²) in [5, 5.41) is 14.3. The molecule has 0 saturated heterocycles. The minimum atomic E-state index is -0.596. The molecule has 0 bridgehead atoms. The molecular weight excluding hydrogens is 497 g/mol. The topological polar surface area (TPSA) is 88.9 Å². The number of anilines is 1. The van der Waals surface area contributed by atoms with E-state index < -0.39 is 11.7 Å². The average molecular weight is 518 g/mol. The highest BCUT2D eigenvalue weighted by Gasteiger charge is 2.16. The number of amides is 2. The van der Waals surface area contributed by atoms with Crippen molar-refractivity contribution in [2.45, 2.75) is 25.2 Å². The summed E-state index contributed by atoms with van der Waals surface area (Å²) in [5.41, 5.74) is 1.64. The third-order valence-corrected chi connectivity index (χ3v) is 5.89. The van der Waals surface area contributed by atoms with Gasteiger partial charge < -0.3 is 15.2 Å². The van der Waals surface area contributed by atoms with E-state index in [0.29, 0.717) is 17.5 Å². The number of aromatic nitrogens is 3. The standard InChI is InChI=1S/C22H21BrFN5O2S/c1-3-10-29-19(12-25-21(31)16-6-4-5-7-17(16)24)27-28-22(29)32-13-20(30)26-18-9-8-15(23)11-14(18)2/h3-9,11H,1,10,12-13H2,2H3,(H,25,31)(H,26,30). The zero-order valence-electron chi connectivity index (χ0n) is 17.3. The lowest BCUT2D eigenvalue weighted by atomic mass is 10.2. The first-order valence-corrected chi connectivity index (χ1v) is 11.4. The monoisotopic (exact) mass is 517 g/mol. The smallest absolute Gasteiger partial charge is 0.254 e. The van der Waals surface area contributed by atoms with Crippen LogP contribution in [0.4, 0.5) is 10.1 Å². The van der Waals surface area contributed by atoms with E-state index in [1.165, 1.54) is 30.0 Å². The summed E-state index contributed by atoms with van der Waals surface area (Å²) in [6.45, 7) is 6.10. The van der Waals surface area contributed by atoms with E-state index >= 15 is 0 Å². The Morgan fingerprint density at radius 3 is 2.75 bits per heavy atom. The van der Waals surface area contributed by atoms with Crippen LogP contribution in [-0.2, 0) is 17.9 Å². The van der Waals surface area contributed by atoms with Gasteiger partial charge in [-0.3, -0.25) is 9.59 Å². The van der Waals surface area contributed by atoms with Crippen molar-refractivity contribution in [1.29, 1.82) is 0 Å². The number of nitrogens with zero attached hydrogens (tertiary/aromatic N) is 3. The molecule has 0 aliphatic rings. The fraction of sp³-hybridized carbons (Fsp3) is 0.182. The van der Waals surface area contributed by atoms with E-state index in [1.54, 1.807) is 16.7 Å². The van der Waals surface area contributed by atoms with Crippen LogP contribution in [0.2, 0.25) is 0 Å². The van der Waals surface area contributed by atoms with E-state index in [9.17, 15) is 14.0 Å². The van der Waals surface area contributed by atoms with Gasteiger partial charge in [-0.25, -0.2) is 4.39 Å². The molecule has 1 aromatic heterocycles. The van der Waals surface area contributed by atoms with Gasteiger partial charge in [0.1, 0.15) is 5.82 Å². The molecule has 0 aliphatic heterocycles. The summed E-state index contributed by atoms with van der Waals surface area (Å²) < 4.78 is 16.5. The summed E-state index contributed by atoms with van der Waals surface area (Å²) in [6.07, 6.45) is 1.67. The van der Waals surface area contributed by atoms with E-state index in [-0.39, 0.29) is 23.8 Å². The fourth-order valence-corrected chi connectivity index (χ4v) is 4.09. The van der Waals surface area contributed by atoms with Crippen molar-refractivity contribution in [1.82, 2.24) is 20.1 Å². The van der Waals surface area contributed by atoms with Gasteiger partial charge in [-0.2, -0.15) is 0 Å². The molecule has 10 heteroatoms. The van der Waals surface area contributed by atoms with Crippen LogP contribution in [-0.4, -0.2) is 32.3 Å². The molecule has 7 nitrogen and oxygen atoms in total.